The molecular weight excluding hydrogens is 356 g/mol. The number of quaternary nitrogens is 1. The summed E-state index contributed by atoms with van der Waals surface area (Å²) in [5.41, 5.74) is -1.57. The van der Waals surface area contributed by atoms with E-state index in [4.69, 9.17) is 22.8 Å². The molecule has 0 spiro atoms. The number of hydrogen-bond acceptors (Lipinski definition) is 4. The first-order valence-electron chi connectivity index (χ1n) is 8.11. The maximum absolute atomic E-state index is 12.4. The number of aliphatic carboxylic acids is 1. The number of carboxylic acid groups (broad SMARTS) is 1. The summed E-state index contributed by atoms with van der Waals surface area (Å²) < 4.78 is 5.75. The molecule has 6 nitrogen and oxygen atoms in total. The molecule has 0 atom stereocenters. The predicted molar refractivity (Wildman–Crippen MR) is 100 cm³/mol. The summed E-state index contributed by atoms with van der Waals surface area (Å²) in [5, 5.41) is 12.1. The standard InChI is InChI=1S/C19H22ClNO4.H3N/c1-5-16(22)21(19(17(23)24)10-6-7-11-19)13-8-9-15(14(20)12-13)25-18(2,3)4;/h1,8-9,12H,6-7,10-11H2,2-4H3,(H,23,24);1H3. The van der Waals surface area contributed by atoms with Crippen LogP contribution >= 0.6 is 11.6 Å². The number of hydrogen-bond donors (Lipinski definition) is 1. The average Bonchev–Trinajstić information content (AvgIpc) is 2.99. The van der Waals surface area contributed by atoms with Crippen LogP contribution in [0.25, 0.3) is 0 Å². The first-order valence-corrected chi connectivity index (χ1v) is 8.49. The molecule has 1 fully saturated rings. The molecule has 0 heterocycles. The minimum atomic E-state index is -1.45. The Bertz CT molecular complexity index is 728. The van der Waals surface area contributed by atoms with Gasteiger partial charge in [0, 0.05) is 5.69 Å². The fourth-order valence-corrected chi connectivity index (χ4v) is 3.36. The minimum absolute atomic E-state index is 0. The summed E-state index contributed by atoms with van der Waals surface area (Å²) >= 11 is 6.28. The van der Waals surface area contributed by atoms with Crippen molar-refractivity contribution in [3.8, 4) is 18.1 Å². The van der Waals surface area contributed by atoms with Crippen LogP contribution in [0.1, 0.15) is 46.5 Å². The zero-order chi connectivity index (χ0) is 18.8. The van der Waals surface area contributed by atoms with Crippen molar-refractivity contribution >= 4 is 29.2 Å². The van der Waals surface area contributed by atoms with E-state index in [0.717, 1.165) is 4.90 Å². The highest BCUT2D eigenvalue weighted by Gasteiger charge is 2.44. The van der Waals surface area contributed by atoms with Crippen LogP contribution in [0.5, 0.6) is 5.75 Å². The van der Waals surface area contributed by atoms with Crippen LogP contribution in [0.2, 0.25) is 5.02 Å². The van der Waals surface area contributed by atoms with E-state index in [1.54, 1.807) is 12.1 Å². The largest absolute Gasteiger partial charge is 0.548 e. The second-order valence-electron chi connectivity index (χ2n) is 7.14. The molecule has 1 aromatic rings. The second-order valence-corrected chi connectivity index (χ2v) is 7.55. The van der Waals surface area contributed by atoms with E-state index < -0.39 is 23.0 Å². The second kappa shape index (κ2) is 7.98. The molecule has 0 aromatic heterocycles. The van der Waals surface area contributed by atoms with Gasteiger partial charge in [0.05, 0.1) is 16.5 Å². The number of carboxylic acids is 1. The average molecular weight is 381 g/mol. The summed E-state index contributed by atoms with van der Waals surface area (Å²) in [6.07, 6.45) is 7.22. The number of ether oxygens (including phenoxy) is 1. The van der Waals surface area contributed by atoms with Gasteiger partial charge in [0.2, 0.25) is 0 Å². The molecular formula is C19H25ClN2O4. The first-order chi connectivity index (χ1) is 11.6. The van der Waals surface area contributed by atoms with Gasteiger partial charge in [0.15, 0.2) is 0 Å². The number of halogens is 1. The Balaban J connectivity index is 0.00000338. The van der Waals surface area contributed by atoms with Crippen LogP contribution < -0.4 is 20.9 Å². The summed E-state index contributed by atoms with van der Waals surface area (Å²) in [4.78, 5) is 25.4. The van der Waals surface area contributed by atoms with Gasteiger partial charge in [-0.05, 0) is 57.7 Å². The third-order valence-corrected chi connectivity index (χ3v) is 4.45. The molecule has 26 heavy (non-hydrogen) atoms. The van der Waals surface area contributed by atoms with Gasteiger partial charge < -0.3 is 20.8 Å². The van der Waals surface area contributed by atoms with Gasteiger partial charge in [-0.2, -0.15) is 0 Å². The lowest BCUT2D eigenvalue weighted by Crippen LogP contribution is -2.60. The summed E-state index contributed by atoms with van der Waals surface area (Å²) in [7, 11) is 0. The lowest BCUT2D eigenvalue weighted by atomic mass is 9.94. The minimum Gasteiger partial charge on any atom is -0.548 e. The maximum Gasteiger partial charge on any atom is 0.303 e. The molecule has 1 saturated carbocycles. The highest BCUT2D eigenvalue weighted by molar-refractivity contribution is 6.32. The number of carbonyl (C=O) groups is 2. The first kappa shape index (κ1) is 21.8. The molecule has 0 bridgehead atoms. The van der Waals surface area contributed by atoms with Gasteiger partial charge in [-0.1, -0.05) is 24.4 Å². The lowest BCUT2D eigenvalue weighted by Gasteiger charge is -2.41. The van der Waals surface area contributed by atoms with Crippen molar-refractivity contribution in [3.05, 3.63) is 23.2 Å². The van der Waals surface area contributed by atoms with Crippen molar-refractivity contribution in [2.24, 2.45) is 0 Å². The Morgan fingerprint density at radius 3 is 2.31 bits per heavy atom. The van der Waals surface area contributed by atoms with Crippen LogP contribution in [-0.4, -0.2) is 23.0 Å². The Labute approximate surface area is 159 Å². The van der Waals surface area contributed by atoms with Crippen LogP contribution in [0.4, 0.5) is 5.69 Å². The fraction of sp³-hybridized carbons (Fsp3) is 0.474. The van der Waals surface area contributed by atoms with Crippen LogP contribution in [0.15, 0.2) is 18.2 Å². The molecule has 2 rings (SSSR count). The van der Waals surface area contributed by atoms with Crippen molar-refractivity contribution in [2.45, 2.75) is 57.6 Å². The molecule has 0 saturated heterocycles. The fourth-order valence-electron chi connectivity index (χ4n) is 3.14. The van der Waals surface area contributed by atoms with Crippen LogP contribution in [0.3, 0.4) is 0 Å². The number of terminal acetylenes is 1. The van der Waals surface area contributed by atoms with Gasteiger partial charge in [-0.3, -0.25) is 9.69 Å². The number of benzene rings is 1. The molecule has 1 aliphatic rings. The van der Waals surface area contributed by atoms with E-state index in [1.165, 1.54) is 6.07 Å². The molecule has 0 aliphatic heterocycles. The highest BCUT2D eigenvalue weighted by atomic mass is 35.5. The third kappa shape index (κ3) is 4.29. The van der Waals surface area contributed by atoms with Gasteiger partial charge >= 0.3 is 5.91 Å². The SMILES string of the molecule is C#CC(=O)N(c1ccc(OC(C)(C)C)c(Cl)c1)C1(C(=O)[O-])CCCC1.[NH4+]. The topological polar surface area (TPSA) is 106 Å². The Kier molecular flexibility index (Phi) is 6.70. The van der Waals surface area contributed by atoms with Crippen molar-refractivity contribution in [3.63, 3.8) is 0 Å². The summed E-state index contributed by atoms with van der Waals surface area (Å²) in [6.45, 7) is 5.65. The molecule has 1 amide bonds. The van der Waals surface area contributed by atoms with E-state index in [9.17, 15) is 14.7 Å². The normalized spacial score (nSPS) is 15.5. The predicted octanol–water partition coefficient (Wildman–Crippen LogP) is 2.92. The number of anilines is 1. The van der Waals surface area contributed by atoms with Crippen molar-refractivity contribution in [1.29, 1.82) is 0 Å². The van der Waals surface area contributed by atoms with E-state index in [0.29, 0.717) is 37.1 Å². The maximum atomic E-state index is 12.4. The molecule has 1 aliphatic carbocycles. The molecule has 4 N–H and O–H groups in total. The van der Waals surface area contributed by atoms with E-state index in [2.05, 4.69) is 0 Å². The smallest absolute Gasteiger partial charge is 0.303 e. The summed E-state index contributed by atoms with van der Waals surface area (Å²) in [6, 6.07) is 4.70. The van der Waals surface area contributed by atoms with Crippen molar-refractivity contribution < 1.29 is 19.4 Å². The highest BCUT2D eigenvalue weighted by Crippen LogP contribution is 2.40. The zero-order valence-corrected chi connectivity index (χ0v) is 16.4. The Morgan fingerprint density at radius 2 is 1.88 bits per heavy atom. The Morgan fingerprint density at radius 1 is 1.31 bits per heavy atom. The molecule has 142 valence electrons. The van der Waals surface area contributed by atoms with Crippen molar-refractivity contribution in [1.82, 2.24) is 6.15 Å². The van der Waals surface area contributed by atoms with Crippen LogP contribution in [0, 0.1) is 12.3 Å². The van der Waals surface area contributed by atoms with Gasteiger partial charge in [0.1, 0.15) is 11.4 Å². The Hall–Kier alpha value is -2.23. The molecule has 0 radical (unpaired) electrons. The van der Waals surface area contributed by atoms with E-state index >= 15 is 0 Å². The van der Waals surface area contributed by atoms with Crippen LogP contribution in [-0.2, 0) is 9.59 Å². The number of amides is 1. The lowest BCUT2D eigenvalue weighted by molar-refractivity contribution is -0.312. The van der Waals surface area contributed by atoms with Gasteiger partial charge in [-0.25, -0.2) is 0 Å². The molecule has 7 heteroatoms. The van der Waals surface area contributed by atoms with E-state index in [1.807, 2.05) is 26.7 Å². The molecule has 0 unspecified atom stereocenters. The third-order valence-electron chi connectivity index (χ3n) is 4.16. The van der Waals surface area contributed by atoms with E-state index in [-0.39, 0.29) is 11.2 Å². The zero-order valence-electron chi connectivity index (χ0n) is 15.6. The van der Waals surface area contributed by atoms with Gasteiger partial charge in [0.25, 0.3) is 0 Å². The quantitative estimate of drug-likeness (QED) is 0.810. The summed E-state index contributed by atoms with van der Waals surface area (Å²) in [5.74, 6) is 0.423. The number of nitrogens with zero attached hydrogens (tertiary/aromatic N) is 1. The van der Waals surface area contributed by atoms with Gasteiger partial charge in [-0.15, -0.1) is 6.42 Å². The number of rotatable bonds is 4. The molecule has 1 aromatic carbocycles. The monoisotopic (exact) mass is 380 g/mol. The van der Waals surface area contributed by atoms with Crippen molar-refractivity contribution in [2.75, 3.05) is 4.90 Å². The number of carbonyl (C=O) groups excluding carboxylic acids is 2.